The Morgan fingerprint density at radius 1 is 1.33 bits per heavy atom. The first-order valence-corrected chi connectivity index (χ1v) is 9.09. The molecule has 5 nitrogen and oxygen atoms in total. The zero-order valence-electron chi connectivity index (χ0n) is 13.7. The Morgan fingerprint density at radius 3 is 2.88 bits per heavy atom. The number of anilines is 1. The van der Waals surface area contributed by atoms with Crippen LogP contribution in [0.2, 0.25) is 0 Å². The Bertz CT molecular complexity index is 714. The van der Waals surface area contributed by atoms with Gasteiger partial charge in [-0.15, -0.1) is 11.3 Å². The molecule has 1 fully saturated rings. The van der Waals surface area contributed by atoms with Gasteiger partial charge in [-0.25, -0.2) is 4.98 Å². The summed E-state index contributed by atoms with van der Waals surface area (Å²) in [6.07, 6.45) is 4.02. The van der Waals surface area contributed by atoms with Gasteiger partial charge in [0.15, 0.2) is 5.13 Å². The van der Waals surface area contributed by atoms with Crippen LogP contribution in [0.4, 0.5) is 5.13 Å². The van der Waals surface area contributed by atoms with Crippen LogP contribution >= 0.6 is 11.3 Å². The molecule has 0 saturated carbocycles. The second kappa shape index (κ2) is 7.57. The fourth-order valence-corrected chi connectivity index (χ4v) is 3.84. The molecule has 1 N–H and O–H groups in total. The number of carbonyl (C=O) groups is 2. The van der Waals surface area contributed by atoms with Gasteiger partial charge < -0.3 is 10.2 Å². The summed E-state index contributed by atoms with van der Waals surface area (Å²) < 4.78 is 0. The van der Waals surface area contributed by atoms with E-state index in [4.69, 9.17) is 0 Å². The number of nitrogens with zero attached hydrogens (tertiary/aromatic N) is 2. The molecule has 0 aliphatic carbocycles. The lowest BCUT2D eigenvalue weighted by atomic mass is 10.0. The predicted molar refractivity (Wildman–Crippen MR) is 95.2 cm³/mol. The largest absolute Gasteiger partial charge is 0.334 e. The topological polar surface area (TPSA) is 62.3 Å². The highest BCUT2D eigenvalue weighted by molar-refractivity contribution is 7.14. The highest BCUT2D eigenvalue weighted by atomic mass is 32.1. The summed E-state index contributed by atoms with van der Waals surface area (Å²) in [5.74, 6) is -0.205. The summed E-state index contributed by atoms with van der Waals surface area (Å²) in [6, 6.07) is 10.6. The fraction of sp³-hybridized carbons (Fsp3) is 0.389. The van der Waals surface area contributed by atoms with Crippen LogP contribution in [0.15, 0.2) is 35.7 Å². The van der Waals surface area contributed by atoms with Gasteiger partial charge in [0.1, 0.15) is 5.69 Å². The number of rotatable bonds is 5. The standard InChI is InChI=1S/C18H21N3O2S/c1-13(22)19-18-20-16(12-24-18)17(23)21-11-5-8-15(21)10-9-14-6-3-2-4-7-14/h2-4,6-7,12,15H,5,8-11H2,1H3,(H,19,20,22)/t15-/m1/s1. The van der Waals surface area contributed by atoms with Crippen molar-refractivity contribution in [2.24, 2.45) is 0 Å². The third-order valence-corrected chi connectivity index (χ3v) is 5.01. The van der Waals surface area contributed by atoms with E-state index in [1.807, 2.05) is 23.1 Å². The zero-order chi connectivity index (χ0) is 16.9. The van der Waals surface area contributed by atoms with Gasteiger partial charge in [0.25, 0.3) is 5.91 Å². The number of nitrogens with one attached hydrogen (secondary N) is 1. The molecule has 0 bridgehead atoms. The van der Waals surface area contributed by atoms with Gasteiger partial charge in [-0.1, -0.05) is 30.3 Å². The van der Waals surface area contributed by atoms with Gasteiger partial charge >= 0.3 is 0 Å². The maximum atomic E-state index is 12.7. The molecular weight excluding hydrogens is 322 g/mol. The van der Waals surface area contributed by atoms with Crippen LogP contribution in [-0.4, -0.2) is 34.3 Å². The first-order chi connectivity index (χ1) is 11.6. The van der Waals surface area contributed by atoms with Gasteiger partial charge in [-0.3, -0.25) is 9.59 Å². The lowest BCUT2D eigenvalue weighted by Gasteiger charge is -2.24. The van der Waals surface area contributed by atoms with Gasteiger partial charge in [-0.2, -0.15) is 0 Å². The Hall–Kier alpha value is -2.21. The number of aryl methyl sites for hydroxylation is 1. The molecule has 126 valence electrons. The molecule has 1 aromatic carbocycles. The Kier molecular flexibility index (Phi) is 5.25. The Balaban J connectivity index is 1.63. The van der Waals surface area contributed by atoms with E-state index >= 15 is 0 Å². The number of hydrogen-bond acceptors (Lipinski definition) is 4. The number of likely N-dealkylation sites (tertiary alicyclic amines) is 1. The van der Waals surface area contributed by atoms with E-state index in [2.05, 4.69) is 22.4 Å². The lowest BCUT2D eigenvalue weighted by molar-refractivity contribution is -0.114. The van der Waals surface area contributed by atoms with E-state index in [-0.39, 0.29) is 17.9 Å². The van der Waals surface area contributed by atoms with Crippen molar-refractivity contribution in [3.8, 4) is 0 Å². The average Bonchev–Trinajstić information content (AvgIpc) is 3.22. The highest BCUT2D eigenvalue weighted by Gasteiger charge is 2.30. The minimum absolute atomic E-state index is 0.0292. The summed E-state index contributed by atoms with van der Waals surface area (Å²) >= 11 is 1.29. The Labute approximate surface area is 145 Å². The third kappa shape index (κ3) is 4.00. The number of aromatic nitrogens is 1. The molecule has 2 heterocycles. The zero-order valence-corrected chi connectivity index (χ0v) is 14.5. The first-order valence-electron chi connectivity index (χ1n) is 8.21. The molecule has 24 heavy (non-hydrogen) atoms. The molecule has 0 spiro atoms. The van der Waals surface area contributed by atoms with Crippen molar-refractivity contribution < 1.29 is 9.59 Å². The summed E-state index contributed by atoms with van der Waals surface area (Å²) in [4.78, 5) is 30.0. The number of benzene rings is 1. The first kappa shape index (κ1) is 16.6. The van der Waals surface area contributed by atoms with Crippen LogP contribution < -0.4 is 5.32 Å². The summed E-state index contributed by atoms with van der Waals surface area (Å²) in [5.41, 5.74) is 1.73. The molecule has 1 aromatic heterocycles. The molecular formula is C18H21N3O2S. The van der Waals surface area contributed by atoms with Crippen LogP contribution in [0, 0.1) is 0 Å². The van der Waals surface area contributed by atoms with Gasteiger partial charge in [0.05, 0.1) is 0 Å². The van der Waals surface area contributed by atoms with Crippen molar-refractivity contribution in [2.75, 3.05) is 11.9 Å². The molecule has 3 rings (SSSR count). The second-order valence-electron chi connectivity index (χ2n) is 6.04. The normalized spacial score (nSPS) is 17.0. The third-order valence-electron chi connectivity index (χ3n) is 4.25. The Morgan fingerprint density at radius 2 is 2.12 bits per heavy atom. The SMILES string of the molecule is CC(=O)Nc1nc(C(=O)N2CCC[C@@H]2CCc2ccccc2)cs1. The smallest absolute Gasteiger partial charge is 0.273 e. The van der Waals surface area contributed by atoms with Crippen molar-refractivity contribution >= 4 is 28.3 Å². The second-order valence-corrected chi connectivity index (χ2v) is 6.90. The molecule has 0 unspecified atom stereocenters. The number of amides is 2. The molecule has 1 aliphatic heterocycles. The van der Waals surface area contributed by atoms with E-state index in [0.29, 0.717) is 10.8 Å². The highest BCUT2D eigenvalue weighted by Crippen LogP contribution is 2.25. The quantitative estimate of drug-likeness (QED) is 0.906. The molecule has 1 atom stereocenters. The van der Waals surface area contributed by atoms with Gasteiger partial charge in [0, 0.05) is 24.9 Å². The van der Waals surface area contributed by atoms with Gasteiger partial charge in [-0.05, 0) is 31.2 Å². The van der Waals surface area contributed by atoms with Crippen LogP contribution in [0.25, 0.3) is 0 Å². The van der Waals surface area contributed by atoms with E-state index in [0.717, 1.165) is 32.2 Å². The predicted octanol–water partition coefficient (Wildman–Crippen LogP) is 3.34. The molecule has 2 amide bonds. The van der Waals surface area contributed by atoms with E-state index < -0.39 is 0 Å². The van der Waals surface area contributed by atoms with Crippen LogP contribution in [-0.2, 0) is 11.2 Å². The van der Waals surface area contributed by atoms with E-state index in [9.17, 15) is 9.59 Å². The number of carbonyl (C=O) groups excluding carboxylic acids is 2. The molecule has 0 radical (unpaired) electrons. The summed E-state index contributed by atoms with van der Waals surface area (Å²) in [6.45, 7) is 2.22. The average molecular weight is 343 g/mol. The van der Waals surface area contributed by atoms with Crippen molar-refractivity contribution in [3.63, 3.8) is 0 Å². The van der Waals surface area contributed by atoms with Crippen molar-refractivity contribution in [1.29, 1.82) is 0 Å². The van der Waals surface area contributed by atoms with Crippen molar-refractivity contribution in [2.45, 2.75) is 38.6 Å². The van der Waals surface area contributed by atoms with Crippen molar-refractivity contribution in [1.82, 2.24) is 9.88 Å². The summed E-state index contributed by atoms with van der Waals surface area (Å²) in [7, 11) is 0. The van der Waals surface area contributed by atoms with Crippen LogP contribution in [0.5, 0.6) is 0 Å². The minimum Gasteiger partial charge on any atom is -0.334 e. The molecule has 2 aromatic rings. The maximum absolute atomic E-state index is 12.7. The lowest BCUT2D eigenvalue weighted by Crippen LogP contribution is -2.36. The van der Waals surface area contributed by atoms with E-state index in [1.165, 1.54) is 23.8 Å². The molecule has 1 saturated heterocycles. The monoisotopic (exact) mass is 343 g/mol. The number of thiazole rings is 1. The van der Waals surface area contributed by atoms with Gasteiger partial charge in [0.2, 0.25) is 5.91 Å². The molecule has 1 aliphatic rings. The maximum Gasteiger partial charge on any atom is 0.273 e. The van der Waals surface area contributed by atoms with Crippen molar-refractivity contribution in [3.05, 3.63) is 47.0 Å². The van der Waals surface area contributed by atoms with Crippen LogP contribution in [0.1, 0.15) is 42.2 Å². The van der Waals surface area contributed by atoms with E-state index in [1.54, 1.807) is 5.38 Å². The molecule has 6 heteroatoms. The summed E-state index contributed by atoms with van der Waals surface area (Å²) in [5, 5.41) is 4.83. The fourth-order valence-electron chi connectivity index (χ4n) is 3.11. The number of hydrogen-bond donors (Lipinski definition) is 1. The minimum atomic E-state index is -0.176. The van der Waals surface area contributed by atoms with Crippen LogP contribution in [0.3, 0.4) is 0 Å².